The monoisotopic (exact) mass is 398 g/mol. The van der Waals surface area contributed by atoms with E-state index in [2.05, 4.69) is 88.8 Å². The van der Waals surface area contributed by atoms with Crippen molar-refractivity contribution in [2.24, 2.45) is 15.0 Å². The molecule has 3 aromatic carbocycles. The second kappa shape index (κ2) is 5.99. The molecule has 3 aliphatic heterocycles. The average molecular weight is 398 g/mol. The first-order valence-corrected chi connectivity index (χ1v) is 10.5. The zero-order chi connectivity index (χ0) is 20.4. The Kier molecular flexibility index (Phi) is 3.23. The van der Waals surface area contributed by atoms with Gasteiger partial charge in [0.05, 0.1) is 11.4 Å². The van der Waals surface area contributed by atoms with Crippen molar-refractivity contribution < 1.29 is 0 Å². The SMILES string of the molecule is C1=NC2=NC(C3=CCc4ccccc43)(c3ccccc3)C3=Nc4ccccc4C(=C1)N23. The van der Waals surface area contributed by atoms with Crippen LogP contribution < -0.4 is 0 Å². The number of para-hydroxylation sites is 1. The summed E-state index contributed by atoms with van der Waals surface area (Å²) in [7, 11) is 0. The third-order valence-corrected chi connectivity index (χ3v) is 6.49. The number of amidine groups is 1. The van der Waals surface area contributed by atoms with Crippen LogP contribution in [0.15, 0.2) is 106 Å². The predicted octanol–water partition coefficient (Wildman–Crippen LogP) is 5.36. The number of benzene rings is 3. The van der Waals surface area contributed by atoms with Gasteiger partial charge in [0.1, 0.15) is 0 Å². The number of nitrogens with zero attached hydrogens (tertiary/aromatic N) is 4. The molecular formula is C27H18N4. The predicted molar refractivity (Wildman–Crippen MR) is 126 cm³/mol. The quantitative estimate of drug-likeness (QED) is 0.573. The minimum atomic E-state index is -0.739. The van der Waals surface area contributed by atoms with Crippen molar-refractivity contribution in [3.05, 3.63) is 113 Å². The van der Waals surface area contributed by atoms with Crippen molar-refractivity contribution in [1.82, 2.24) is 4.90 Å². The second-order valence-electron chi connectivity index (χ2n) is 8.09. The van der Waals surface area contributed by atoms with E-state index in [1.807, 2.05) is 18.3 Å². The van der Waals surface area contributed by atoms with Gasteiger partial charge in [0.2, 0.25) is 5.96 Å². The van der Waals surface area contributed by atoms with Crippen LogP contribution >= 0.6 is 0 Å². The van der Waals surface area contributed by atoms with Crippen LogP contribution in [-0.2, 0) is 12.0 Å². The summed E-state index contributed by atoms with van der Waals surface area (Å²) < 4.78 is 0. The summed E-state index contributed by atoms with van der Waals surface area (Å²) in [5.41, 5.74) is 7.28. The molecule has 146 valence electrons. The van der Waals surface area contributed by atoms with Gasteiger partial charge in [-0.05, 0) is 40.8 Å². The van der Waals surface area contributed by atoms with E-state index in [1.165, 1.54) is 16.7 Å². The van der Waals surface area contributed by atoms with Crippen LogP contribution in [-0.4, -0.2) is 22.9 Å². The molecule has 3 heterocycles. The average Bonchev–Trinajstić information content (AvgIpc) is 3.41. The summed E-state index contributed by atoms with van der Waals surface area (Å²) in [6.45, 7) is 0. The zero-order valence-electron chi connectivity index (χ0n) is 16.7. The zero-order valence-corrected chi connectivity index (χ0v) is 16.7. The standard InChI is InChI=1S/C27H18N4/c1-2-9-19(10-3-1)27(22-15-14-18-8-4-5-11-20(18)22)25-29-23-13-7-6-12-21(23)24-16-17-28-26(30-27)31(24)25/h1-13,15-17H,14H2. The number of guanidine groups is 1. The fourth-order valence-corrected chi connectivity index (χ4v) is 5.14. The molecule has 0 radical (unpaired) electrons. The van der Waals surface area contributed by atoms with Gasteiger partial charge >= 0.3 is 0 Å². The van der Waals surface area contributed by atoms with E-state index in [9.17, 15) is 0 Å². The highest BCUT2D eigenvalue weighted by Crippen LogP contribution is 2.53. The molecule has 0 aromatic heterocycles. The van der Waals surface area contributed by atoms with Gasteiger partial charge in [-0.2, -0.15) is 0 Å². The van der Waals surface area contributed by atoms with Gasteiger partial charge in [-0.15, -0.1) is 0 Å². The Labute approximate surface area is 180 Å². The lowest BCUT2D eigenvalue weighted by atomic mass is 9.79. The van der Waals surface area contributed by atoms with Gasteiger partial charge < -0.3 is 0 Å². The maximum Gasteiger partial charge on any atom is 0.232 e. The van der Waals surface area contributed by atoms with Crippen LogP contribution in [0.5, 0.6) is 0 Å². The highest BCUT2D eigenvalue weighted by atomic mass is 15.4. The van der Waals surface area contributed by atoms with Gasteiger partial charge in [0.15, 0.2) is 11.4 Å². The van der Waals surface area contributed by atoms with Crippen LogP contribution in [0.25, 0.3) is 11.3 Å². The van der Waals surface area contributed by atoms with Crippen molar-refractivity contribution in [3.8, 4) is 0 Å². The van der Waals surface area contributed by atoms with Gasteiger partial charge in [-0.3, -0.25) is 4.90 Å². The summed E-state index contributed by atoms with van der Waals surface area (Å²) in [6, 6.07) is 27.4. The minimum absolute atomic E-state index is 0.694. The molecule has 4 aliphatic rings. The highest BCUT2D eigenvalue weighted by molar-refractivity contribution is 6.26. The molecule has 0 saturated heterocycles. The Morgan fingerprint density at radius 3 is 2.48 bits per heavy atom. The lowest BCUT2D eigenvalue weighted by Crippen LogP contribution is -2.42. The summed E-state index contributed by atoms with van der Waals surface area (Å²) in [5.74, 6) is 1.60. The number of rotatable bonds is 2. The number of hydrogen-bond donors (Lipinski definition) is 0. The molecular weight excluding hydrogens is 380 g/mol. The lowest BCUT2D eigenvalue weighted by molar-refractivity contribution is 0.753. The Hall–Kier alpha value is -4.05. The highest BCUT2D eigenvalue weighted by Gasteiger charge is 2.54. The van der Waals surface area contributed by atoms with Crippen LogP contribution in [0.2, 0.25) is 0 Å². The number of allylic oxidation sites excluding steroid dienone is 2. The maximum absolute atomic E-state index is 5.32. The van der Waals surface area contributed by atoms with Crippen molar-refractivity contribution in [2.75, 3.05) is 0 Å². The van der Waals surface area contributed by atoms with E-state index >= 15 is 0 Å². The third-order valence-electron chi connectivity index (χ3n) is 6.49. The van der Waals surface area contributed by atoms with Crippen LogP contribution in [0.3, 0.4) is 0 Å². The molecule has 0 N–H and O–H groups in total. The third kappa shape index (κ3) is 2.11. The molecule has 0 amide bonds. The summed E-state index contributed by atoms with van der Waals surface area (Å²) >= 11 is 0. The van der Waals surface area contributed by atoms with Gasteiger partial charge in [-0.1, -0.05) is 78.9 Å². The van der Waals surface area contributed by atoms with Crippen molar-refractivity contribution in [2.45, 2.75) is 12.0 Å². The largest absolute Gasteiger partial charge is 0.263 e. The molecule has 7 rings (SSSR count). The summed E-state index contributed by atoms with van der Waals surface area (Å²) in [5, 5.41) is 0. The van der Waals surface area contributed by atoms with Gasteiger partial charge in [0.25, 0.3) is 0 Å². The topological polar surface area (TPSA) is 40.3 Å². The summed E-state index contributed by atoms with van der Waals surface area (Å²) in [4.78, 5) is 17.3. The molecule has 31 heavy (non-hydrogen) atoms. The van der Waals surface area contributed by atoms with Crippen LogP contribution in [0, 0.1) is 0 Å². The van der Waals surface area contributed by atoms with E-state index in [0.29, 0.717) is 5.96 Å². The van der Waals surface area contributed by atoms with E-state index < -0.39 is 5.54 Å². The molecule has 4 heteroatoms. The van der Waals surface area contributed by atoms with Crippen molar-refractivity contribution in [3.63, 3.8) is 0 Å². The summed E-state index contributed by atoms with van der Waals surface area (Å²) in [6.07, 6.45) is 7.13. The molecule has 0 spiro atoms. The molecule has 1 aliphatic carbocycles. The fourth-order valence-electron chi connectivity index (χ4n) is 5.14. The second-order valence-corrected chi connectivity index (χ2v) is 8.09. The van der Waals surface area contributed by atoms with E-state index in [-0.39, 0.29) is 0 Å². The Balaban J connectivity index is 1.58. The van der Waals surface area contributed by atoms with Crippen LogP contribution in [0.4, 0.5) is 5.69 Å². The molecule has 4 nitrogen and oxygen atoms in total. The van der Waals surface area contributed by atoms with E-state index in [1.54, 1.807) is 0 Å². The van der Waals surface area contributed by atoms with E-state index in [0.717, 1.165) is 34.8 Å². The Morgan fingerprint density at radius 2 is 1.58 bits per heavy atom. The first-order chi connectivity index (χ1) is 15.4. The maximum atomic E-state index is 5.32. The Morgan fingerprint density at radius 1 is 0.806 bits per heavy atom. The van der Waals surface area contributed by atoms with E-state index in [4.69, 9.17) is 9.98 Å². The molecule has 0 bridgehead atoms. The number of hydrogen-bond acceptors (Lipinski definition) is 4. The molecule has 1 atom stereocenters. The smallest absolute Gasteiger partial charge is 0.232 e. The molecule has 1 unspecified atom stereocenters. The normalized spacial score (nSPS) is 22.1. The van der Waals surface area contributed by atoms with Gasteiger partial charge in [-0.25, -0.2) is 15.0 Å². The van der Waals surface area contributed by atoms with Crippen molar-refractivity contribution in [1.29, 1.82) is 0 Å². The van der Waals surface area contributed by atoms with Crippen molar-refractivity contribution >= 4 is 35.0 Å². The molecule has 0 fully saturated rings. The Bertz CT molecular complexity index is 1410. The van der Waals surface area contributed by atoms with Crippen LogP contribution in [0.1, 0.15) is 22.3 Å². The molecule has 3 aromatic rings. The first-order valence-electron chi connectivity index (χ1n) is 10.5. The lowest BCUT2D eigenvalue weighted by Gasteiger charge is -2.36. The first kappa shape index (κ1) is 16.7. The van der Waals surface area contributed by atoms with Gasteiger partial charge in [0, 0.05) is 11.8 Å². The molecule has 0 saturated carbocycles. The fraction of sp³-hybridized carbons (Fsp3) is 0.0741. The number of aliphatic imine (C=N–C) groups is 3. The minimum Gasteiger partial charge on any atom is -0.263 e. The number of fused-ring (bicyclic) bond motifs is 3.